The van der Waals surface area contributed by atoms with Crippen molar-refractivity contribution >= 4 is 11.9 Å². The number of hydrogen-bond acceptors (Lipinski definition) is 4. The van der Waals surface area contributed by atoms with Crippen molar-refractivity contribution in [1.82, 2.24) is 4.90 Å². The average Bonchev–Trinajstić information content (AvgIpc) is 3.16. The molecule has 0 aromatic heterocycles. The number of unbranched alkanes of at least 4 members (excludes halogenated alkanes) is 4. The maximum Gasteiger partial charge on any atom is 0.305 e. The number of benzene rings is 1. The Labute approximate surface area is 194 Å². The second kappa shape index (κ2) is 15.0. The number of esters is 1. The summed E-state index contributed by atoms with van der Waals surface area (Å²) in [7, 11) is 1.42. The van der Waals surface area contributed by atoms with Crippen LogP contribution in [-0.2, 0) is 20.7 Å². The lowest BCUT2D eigenvalue weighted by molar-refractivity contribution is -0.140. The van der Waals surface area contributed by atoms with Gasteiger partial charge in [0.2, 0.25) is 5.91 Å². The SMILES string of the molecule is COC(=O)CCCCCCN1C(=O)CC[C@@H]1CC[C@@H](O)[C@@H](C)CCCCc1ccccc1. The Hall–Kier alpha value is -1.88. The highest BCUT2D eigenvalue weighted by atomic mass is 16.5. The summed E-state index contributed by atoms with van der Waals surface area (Å²) < 4.78 is 4.66. The molecule has 1 saturated heterocycles. The van der Waals surface area contributed by atoms with Crippen LogP contribution in [-0.4, -0.2) is 47.7 Å². The number of likely N-dealkylation sites (tertiary alicyclic amines) is 1. The highest BCUT2D eigenvalue weighted by Crippen LogP contribution is 2.26. The minimum absolute atomic E-state index is 0.149. The van der Waals surface area contributed by atoms with Gasteiger partial charge < -0.3 is 14.7 Å². The molecule has 1 aliphatic rings. The molecule has 5 heteroatoms. The van der Waals surface area contributed by atoms with Gasteiger partial charge in [-0.3, -0.25) is 9.59 Å². The zero-order valence-corrected chi connectivity index (χ0v) is 20.1. The van der Waals surface area contributed by atoms with Crippen LogP contribution in [0.5, 0.6) is 0 Å². The van der Waals surface area contributed by atoms with Crippen molar-refractivity contribution in [3.05, 3.63) is 35.9 Å². The number of carbonyl (C=O) groups is 2. The maximum atomic E-state index is 12.3. The summed E-state index contributed by atoms with van der Waals surface area (Å²) in [5, 5.41) is 10.6. The minimum Gasteiger partial charge on any atom is -0.469 e. The Kier molecular flexibility index (Phi) is 12.4. The minimum atomic E-state index is -0.289. The third-order valence-corrected chi connectivity index (χ3v) is 6.88. The highest BCUT2D eigenvalue weighted by molar-refractivity contribution is 5.78. The Bertz CT molecular complexity index is 663. The van der Waals surface area contributed by atoms with Crippen molar-refractivity contribution in [2.45, 2.75) is 103 Å². The van der Waals surface area contributed by atoms with E-state index in [-0.39, 0.29) is 24.0 Å². The maximum absolute atomic E-state index is 12.3. The number of hydrogen-bond donors (Lipinski definition) is 1. The molecular formula is C27H43NO4. The van der Waals surface area contributed by atoms with Crippen molar-refractivity contribution in [3.8, 4) is 0 Å². The predicted octanol–water partition coefficient (Wildman–Crippen LogP) is 5.29. The number of carbonyl (C=O) groups excluding carboxylic acids is 2. The lowest BCUT2D eigenvalue weighted by Gasteiger charge is -2.27. The summed E-state index contributed by atoms with van der Waals surface area (Å²) in [4.78, 5) is 25.5. The van der Waals surface area contributed by atoms with Gasteiger partial charge in [-0.2, -0.15) is 0 Å². The van der Waals surface area contributed by atoms with Crippen LogP contribution < -0.4 is 0 Å². The van der Waals surface area contributed by atoms with E-state index in [9.17, 15) is 14.7 Å². The number of aliphatic hydroxyl groups is 1. The van der Waals surface area contributed by atoms with Gasteiger partial charge in [0, 0.05) is 25.4 Å². The van der Waals surface area contributed by atoms with Crippen molar-refractivity contribution in [2.24, 2.45) is 5.92 Å². The monoisotopic (exact) mass is 445 g/mol. The zero-order valence-electron chi connectivity index (χ0n) is 20.1. The molecule has 2 rings (SSSR count). The van der Waals surface area contributed by atoms with Crippen molar-refractivity contribution in [3.63, 3.8) is 0 Å². The summed E-state index contributed by atoms with van der Waals surface area (Å²) >= 11 is 0. The molecule has 3 atom stereocenters. The molecule has 1 N–H and O–H groups in total. The number of aliphatic hydroxyl groups excluding tert-OH is 1. The molecule has 1 fully saturated rings. The van der Waals surface area contributed by atoms with E-state index >= 15 is 0 Å². The van der Waals surface area contributed by atoms with Gasteiger partial charge >= 0.3 is 5.97 Å². The molecule has 0 spiro atoms. The number of amides is 1. The van der Waals surface area contributed by atoms with Gasteiger partial charge in [0.05, 0.1) is 13.2 Å². The molecule has 0 bridgehead atoms. The van der Waals surface area contributed by atoms with Crippen LogP contribution in [0.25, 0.3) is 0 Å². The van der Waals surface area contributed by atoms with E-state index in [0.29, 0.717) is 18.8 Å². The molecule has 1 aromatic rings. The first kappa shape index (κ1) is 26.4. The summed E-state index contributed by atoms with van der Waals surface area (Å²) in [6.07, 6.45) is 11.7. The van der Waals surface area contributed by atoms with Crippen molar-refractivity contribution in [2.75, 3.05) is 13.7 Å². The molecule has 5 nitrogen and oxygen atoms in total. The van der Waals surface area contributed by atoms with Gasteiger partial charge in [0.25, 0.3) is 0 Å². The molecule has 32 heavy (non-hydrogen) atoms. The number of ether oxygens (including phenoxy) is 1. The molecule has 0 aliphatic carbocycles. The second-order valence-corrected chi connectivity index (χ2v) is 9.37. The fourth-order valence-corrected chi connectivity index (χ4v) is 4.69. The number of nitrogens with zero attached hydrogens (tertiary/aromatic N) is 1. The topological polar surface area (TPSA) is 66.8 Å². The van der Waals surface area contributed by atoms with Gasteiger partial charge in [-0.15, -0.1) is 0 Å². The third-order valence-electron chi connectivity index (χ3n) is 6.88. The summed E-state index contributed by atoms with van der Waals surface area (Å²) in [6, 6.07) is 10.9. The van der Waals surface area contributed by atoms with Crippen LogP contribution in [0.2, 0.25) is 0 Å². The normalized spacial score (nSPS) is 18.0. The van der Waals surface area contributed by atoms with Gasteiger partial charge in [-0.05, 0) is 62.8 Å². The molecule has 1 aromatic carbocycles. The van der Waals surface area contributed by atoms with Crippen LogP contribution in [0, 0.1) is 5.92 Å². The van der Waals surface area contributed by atoms with Gasteiger partial charge in [-0.25, -0.2) is 0 Å². The van der Waals surface area contributed by atoms with E-state index in [1.807, 2.05) is 4.90 Å². The molecular weight excluding hydrogens is 402 g/mol. The summed E-state index contributed by atoms with van der Waals surface area (Å²) in [5.41, 5.74) is 1.38. The average molecular weight is 446 g/mol. The van der Waals surface area contributed by atoms with Crippen molar-refractivity contribution in [1.29, 1.82) is 0 Å². The molecule has 1 aliphatic heterocycles. The first-order valence-electron chi connectivity index (χ1n) is 12.6. The molecule has 1 heterocycles. The van der Waals surface area contributed by atoms with Crippen LogP contribution in [0.3, 0.4) is 0 Å². The van der Waals surface area contributed by atoms with Crippen molar-refractivity contribution < 1.29 is 19.4 Å². The Morgan fingerprint density at radius 1 is 1.09 bits per heavy atom. The Balaban J connectivity index is 1.59. The Morgan fingerprint density at radius 2 is 1.84 bits per heavy atom. The smallest absolute Gasteiger partial charge is 0.305 e. The summed E-state index contributed by atoms with van der Waals surface area (Å²) in [5.74, 6) is 0.405. The van der Waals surface area contributed by atoms with Gasteiger partial charge in [0.15, 0.2) is 0 Å². The quantitative estimate of drug-likeness (QED) is 0.277. The summed E-state index contributed by atoms with van der Waals surface area (Å²) in [6.45, 7) is 2.95. The van der Waals surface area contributed by atoms with E-state index < -0.39 is 0 Å². The van der Waals surface area contributed by atoms with Crippen LogP contribution in [0.4, 0.5) is 0 Å². The first-order chi connectivity index (χ1) is 15.5. The van der Waals surface area contributed by atoms with Gasteiger partial charge in [0.1, 0.15) is 0 Å². The van der Waals surface area contributed by atoms with Crippen LogP contribution in [0.1, 0.15) is 89.5 Å². The lowest BCUT2D eigenvalue weighted by atomic mass is 9.92. The van der Waals surface area contributed by atoms with E-state index in [1.54, 1.807) is 0 Å². The van der Waals surface area contributed by atoms with Crippen LogP contribution >= 0.6 is 0 Å². The molecule has 1 amide bonds. The predicted molar refractivity (Wildman–Crippen MR) is 128 cm³/mol. The van der Waals surface area contributed by atoms with E-state index in [0.717, 1.165) is 77.2 Å². The fourth-order valence-electron chi connectivity index (χ4n) is 4.69. The van der Waals surface area contributed by atoms with E-state index in [2.05, 4.69) is 42.0 Å². The largest absolute Gasteiger partial charge is 0.469 e. The lowest BCUT2D eigenvalue weighted by Crippen LogP contribution is -2.35. The third kappa shape index (κ3) is 9.72. The Morgan fingerprint density at radius 3 is 2.59 bits per heavy atom. The second-order valence-electron chi connectivity index (χ2n) is 9.37. The first-order valence-corrected chi connectivity index (χ1v) is 12.6. The zero-order chi connectivity index (χ0) is 23.2. The highest BCUT2D eigenvalue weighted by Gasteiger charge is 2.30. The molecule has 0 unspecified atom stereocenters. The molecule has 180 valence electrons. The van der Waals surface area contributed by atoms with E-state index in [1.165, 1.54) is 12.7 Å². The number of aryl methyl sites for hydroxylation is 1. The van der Waals surface area contributed by atoms with Gasteiger partial charge in [-0.1, -0.05) is 56.5 Å². The number of rotatable bonds is 16. The standard InChI is InChI=1S/C27H43NO4/c1-22(12-9-10-15-23-13-6-5-7-14-23)25(29)19-17-24-18-20-26(30)28(24)21-11-4-3-8-16-27(31)32-2/h5-7,13-14,22,24-25,29H,3-4,8-12,15-21H2,1-2H3/t22-,24-,25+/m0/s1. The molecule has 0 radical (unpaired) electrons. The van der Waals surface area contributed by atoms with Crippen LogP contribution in [0.15, 0.2) is 30.3 Å². The molecule has 0 saturated carbocycles. The number of methoxy groups -OCH3 is 1. The van der Waals surface area contributed by atoms with E-state index in [4.69, 9.17) is 0 Å². The fraction of sp³-hybridized carbons (Fsp3) is 0.704.